The lowest BCUT2D eigenvalue weighted by Crippen LogP contribution is -2.68. The normalized spacial score (nSPS) is 24.5. The lowest BCUT2D eigenvalue weighted by atomic mass is 9.74. The van der Waals surface area contributed by atoms with Crippen molar-refractivity contribution in [3.05, 3.63) is 35.4 Å². The Morgan fingerprint density at radius 1 is 1.10 bits per heavy atom. The van der Waals surface area contributed by atoms with Crippen molar-refractivity contribution in [2.75, 3.05) is 67.5 Å². The molecule has 2 saturated heterocycles. The van der Waals surface area contributed by atoms with Gasteiger partial charge in [0.25, 0.3) is 0 Å². The number of fused-ring (bicyclic) bond motifs is 1. The van der Waals surface area contributed by atoms with Crippen molar-refractivity contribution in [3.63, 3.8) is 0 Å². The molecule has 0 aromatic heterocycles. The van der Waals surface area contributed by atoms with E-state index in [2.05, 4.69) is 41.0 Å². The maximum atomic E-state index is 12.7. The van der Waals surface area contributed by atoms with E-state index in [0.717, 1.165) is 44.6 Å². The zero-order valence-corrected chi connectivity index (χ0v) is 18.8. The average molecular weight is 413 g/mol. The van der Waals surface area contributed by atoms with Crippen molar-refractivity contribution in [2.45, 2.75) is 30.8 Å². The number of aliphatic hydroxyl groups is 1. The highest BCUT2D eigenvalue weighted by Crippen LogP contribution is 2.41. The Hall–Kier alpha value is -1.91. The van der Waals surface area contributed by atoms with Gasteiger partial charge in [-0.05, 0) is 65.3 Å². The van der Waals surface area contributed by atoms with Crippen LogP contribution in [0.3, 0.4) is 0 Å². The Morgan fingerprint density at radius 3 is 2.43 bits per heavy atom. The molecule has 30 heavy (non-hydrogen) atoms. The molecule has 6 heteroatoms. The van der Waals surface area contributed by atoms with Crippen LogP contribution in [0.4, 0.5) is 0 Å². The number of carbonyl (C=O) groups is 1. The highest BCUT2D eigenvalue weighted by Gasteiger charge is 2.49. The molecule has 3 rings (SSSR count). The molecule has 164 valence electrons. The van der Waals surface area contributed by atoms with Crippen LogP contribution in [0.5, 0.6) is 0 Å². The first kappa shape index (κ1) is 22.8. The minimum absolute atomic E-state index is 0.129. The summed E-state index contributed by atoms with van der Waals surface area (Å²) in [7, 11) is 7.89. The van der Waals surface area contributed by atoms with Crippen molar-refractivity contribution < 1.29 is 9.90 Å². The van der Waals surface area contributed by atoms with E-state index in [1.54, 1.807) is 0 Å². The number of carbonyl (C=O) groups excluding carboxylic acids is 1. The van der Waals surface area contributed by atoms with Gasteiger partial charge in [-0.15, -0.1) is 0 Å². The third-order valence-electron chi connectivity index (χ3n) is 6.10. The SMILES string of the molecule is CN(C)CC#Cc1ccc([C@H]2[C@@H](CO)N3CCCCN(C(=O)CN(C)C)C[C@H]23)cc1. The van der Waals surface area contributed by atoms with Gasteiger partial charge in [-0.3, -0.25) is 14.6 Å². The minimum atomic E-state index is 0.129. The van der Waals surface area contributed by atoms with Crippen molar-refractivity contribution in [1.82, 2.24) is 19.6 Å². The second-order valence-corrected chi connectivity index (χ2v) is 9.03. The van der Waals surface area contributed by atoms with Gasteiger partial charge >= 0.3 is 0 Å². The van der Waals surface area contributed by atoms with Crippen LogP contribution in [0.1, 0.15) is 29.9 Å². The Morgan fingerprint density at radius 2 is 1.80 bits per heavy atom. The zero-order valence-electron chi connectivity index (χ0n) is 18.8. The molecule has 0 spiro atoms. The molecule has 1 aromatic carbocycles. The van der Waals surface area contributed by atoms with E-state index in [-0.39, 0.29) is 30.5 Å². The molecule has 0 unspecified atom stereocenters. The van der Waals surface area contributed by atoms with E-state index in [1.165, 1.54) is 5.56 Å². The molecule has 0 bridgehead atoms. The summed E-state index contributed by atoms with van der Waals surface area (Å²) in [6.45, 7) is 3.89. The maximum Gasteiger partial charge on any atom is 0.236 e. The van der Waals surface area contributed by atoms with Gasteiger partial charge in [0.1, 0.15) is 0 Å². The quantitative estimate of drug-likeness (QED) is 0.729. The predicted octanol–water partition coefficient (Wildman–Crippen LogP) is 0.912. The number of rotatable bonds is 5. The van der Waals surface area contributed by atoms with E-state index < -0.39 is 0 Å². The number of amides is 1. The average Bonchev–Trinajstić information content (AvgIpc) is 2.67. The van der Waals surface area contributed by atoms with E-state index in [1.807, 2.05) is 42.9 Å². The fourth-order valence-electron chi connectivity index (χ4n) is 4.63. The summed E-state index contributed by atoms with van der Waals surface area (Å²) in [4.78, 5) is 21.2. The number of hydrogen-bond donors (Lipinski definition) is 1. The first-order chi connectivity index (χ1) is 14.4. The Labute approximate surface area is 181 Å². The van der Waals surface area contributed by atoms with Gasteiger partial charge in [-0.2, -0.15) is 0 Å². The molecule has 2 aliphatic rings. The van der Waals surface area contributed by atoms with Crippen LogP contribution >= 0.6 is 0 Å². The second kappa shape index (κ2) is 10.4. The number of benzene rings is 1. The van der Waals surface area contributed by atoms with Crippen LogP contribution in [0, 0.1) is 11.8 Å². The summed E-state index contributed by atoms with van der Waals surface area (Å²) in [6, 6.07) is 8.84. The summed E-state index contributed by atoms with van der Waals surface area (Å²) in [6.07, 6.45) is 2.08. The Balaban J connectivity index is 1.75. The second-order valence-electron chi connectivity index (χ2n) is 9.03. The van der Waals surface area contributed by atoms with Gasteiger partial charge in [0, 0.05) is 36.7 Å². The lowest BCUT2D eigenvalue weighted by molar-refractivity contribution is -0.137. The largest absolute Gasteiger partial charge is 0.395 e. The standard InChI is InChI=1S/C24H36N4O2/c1-25(2)13-7-8-19-9-11-20(12-10-19)24-21-16-27(23(30)17-26(3)4)14-5-6-15-28(21)22(24)18-29/h9-12,21-22,24,29H,5-6,13-18H2,1-4H3/t21-,22-,24-/m1/s1. The fraction of sp³-hybridized carbons (Fsp3) is 0.625. The van der Waals surface area contributed by atoms with Gasteiger partial charge < -0.3 is 14.9 Å². The summed E-state index contributed by atoms with van der Waals surface area (Å²) in [5, 5.41) is 10.1. The van der Waals surface area contributed by atoms with E-state index in [0.29, 0.717) is 6.54 Å². The van der Waals surface area contributed by atoms with Crippen molar-refractivity contribution in [3.8, 4) is 11.8 Å². The lowest BCUT2D eigenvalue weighted by Gasteiger charge is -2.57. The van der Waals surface area contributed by atoms with Crippen molar-refractivity contribution in [2.24, 2.45) is 0 Å². The molecule has 0 saturated carbocycles. The Bertz CT molecular complexity index is 766. The molecule has 2 heterocycles. The molecule has 6 nitrogen and oxygen atoms in total. The summed E-state index contributed by atoms with van der Waals surface area (Å²) >= 11 is 0. The van der Waals surface area contributed by atoms with E-state index in [9.17, 15) is 9.90 Å². The molecule has 2 aliphatic heterocycles. The fourth-order valence-corrected chi connectivity index (χ4v) is 4.63. The van der Waals surface area contributed by atoms with Crippen LogP contribution < -0.4 is 0 Å². The first-order valence-corrected chi connectivity index (χ1v) is 10.9. The Kier molecular flexibility index (Phi) is 7.90. The van der Waals surface area contributed by atoms with E-state index >= 15 is 0 Å². The smallest absolute Gasteiger partial charge is 0.236 e. The molecule has 3 atom stereocenters. The van der Waals surface area contributed by atoms with E-state index in [4.69, 9.17) is 0 Å². The number of likely N-dealkylation sites (N-methyl/N-ethyl adjacent to an activating group) is 1. The highest BCUT2D eigenvalue weighted by atomic mass is 16.3. The molecule has 1 aromatic rings. The molecular weight excluding hydrogens is 376 g/mol. The van der Waals surface area contributed by atoms with Crippen LogP contribution in [-0.4, -0.2) is 110 Å². The van der Waals surface area contributed by atoms with Crippen molar-refractivity contribution >= 4 is 5.91 Å². The van der Waals surface area contributed by atoms with Crippen LogP contribution in [-0.2, 0) is 4.79 Å². The molecule has 1 N–H and O–H groups in total. The molecule has 1 amide bonds. The van der Waals surface area contributed by atoms with Gasteiger partial charge in [0.15, 0.2) is 0 Å². The van der Waals surface area contributed by atoms with Gasteiger partial charge in [0.2, 0.25) is 5.91 Å². The summed E-state index contributed by atoms with van der Waals surface area (Å²) in [5.41, 5.74) is 2.24. The third kappa shape index (κ3) is 5.41. The maximum absolute atomic E-state index is 12.7. The topological polar surface area (TPSA) is 50.3 Å². The predicted molar refractivity (Wildman–Crippen MR) is 120 cm³/mol. The summed E-state index contributed by atoms with van der Waals surface area (Å²) in [5.74, 6) is 6.82. The molecule has 0 radical (unpaired) electrons. The summed E-state index contributed by atoms with van der Waals surface area (Å²) < 4.78 is 0. The minimum Gasteiger partial charge on any atom is -0.395 e. The number of nitrogens with zero attached hydrogens (tertiary/aromatic N) is 4. The van der Waals surface area contributed by atoms with Gasteiger partial charge in [-0.1, -0.05) is 24.0 Å². The number of hydrogen-bond acceptors (Lipinski definition) is 5. The van der Waals surface area contributed by atoms with Gasteiger partial charge in [-0.25, -0.2) is 0 Å². The molecular formula is C24H36N4O2. The van der Waals surface area contributed by atoms with Crippen LogP contribution in [0.25, 0.3) is 0 Å². The molecule has 0 aliphatic carbocycles. The monoisotopic (exact) mass is 412 g/mol. The number of aliphatic hydroxyl groups excluding tert-OH is 1. The highest BCUT2D eigenvalue weighted by molar-refractivity contribution is 5.78. The van der Waals surface area contributed by atoms with Crippen LogP contribution in [0.15, 0.2) is 24.3 Å². The van der Waals surface area contributed by atoms with Crippen molar-refractivity contribution in [1.29, 1.82) is 0 Å². The van der Waals surface area contributed by atoms with Gasteiger partial charge in [0.05, 0.1) is 19.7 Å². The third-order valence-corrected chi connectivity index (χ3v) is 6.10. The first-order valence-electron chi connectivity index (χ1n) is 10.9. The molecule has 2 fully saturated rings. The zero-order chi connectivity index (χ0) is 21.7. The van der Waals surface area contributed by atoms with Crippen LogP contribution in [0.2, 0.25) is 0 Å².